The van der Waals surface area contributed by atoms with Gasteiger partial charge in [-0.2, -0.15) is 0 Å². The van der Waals surface area contributed by atoms with Crippen LogP contribution in [0.1, 0.15) is 51.2 Å². The highest BCUT2D eigenvalue weighted by atomic mass is 16.5. The molecule has 5 nitrogen and oxygen atoms in total. The minimum atomic E-state index is 0.0863. The van der Waals surface area contributed by atoms with Crippen LogP contribution in [0.15, 0.2) is 24.4 Å². The fourth-order valence-corrected chi connectivity index (χ4v) is 3.16. The van der Waals surface area contributed by atoms with Gasteiger partial charge < -0.3 is 10.1 Å². The zero-order valence-corrected chi connectivity index (χ0v) is 16.9. The number of aryl methyl sites for hydroxylation is 1. The number of ether oxygens (including phenoxy) is 1. The lowest BCUT2D eigenvalue weighted by Crippen LogP contribution is -2.35. The fourth-order valence-electron chi connectivity index (χ4n) is 3.16. The molecule has 1 aliphatic heterocycles. The second kappa shape index (κ2) is 8.69. The third-order valence-corrected chi connectivity index (χ3v) is 4.65. The summed E-state index contributed by atoms with van der Waals surface area (Å²) in [7, 11) is 0. The summed E-state index contributed by atoms with van der Waals surface area (Å²) in [6.45, 7) is 10.8. The molecule has 2 heterocycles. The molecule has 1 N–H and O–H groups in total. The molecule has 1 saturated heterocycles. The van der Waals surface area contributed by atoms with Gasteiger partial charge >= 0.3 is 0 Å². The van der Waals surface area contributed by atoms with Gasteiger partial charge in [0.1, 0.15) is 5.69 Å². The van der Waals surface area contributed by atoms with Crippen molar-refractivity contribution < 1.29 is 4.74 Å². The van der Waals surface area contributed by atoms with Crippen molar-refractivity contribution in [1.82, 2.24) is 20.3 Å². The lowest BCUT2D eigenvalue weighted by Gasteiger charge is -2.21. The molecule has 5 heteroatoms. The third kappa shape index (κ3) is 5.92. The first kappa shape index (κ1) is 19.6. The Labute approximate surface area is 162 Å². The van der Waals surface area contributed by atoms with E-state index in [2.05, 4.69) is 73.4 Å². The molecule has 1 fully saturated rings. The summed E-state index contributed by atoms with van der Waals surface area (Å²) in [4.78, 5) is 0. The van der Waals surface area contributed by atoms with Crippen LogP contribution in [-0.2, 0) is 11.3 Å². The average molecular weight is 367 g/mol. The number of aromatic nitrogens is 3. The Kier molecular flexibility index (Phi) is 6.30. The van der Waals surface area contributed by atoms with Crippen LogP contribution in [0.25, 0.3) is 11.3 Å². The van der Waals surface area contributed by atoms with Crippen molar-refractivity contribution in [2.45, 2.75) is 65.1 Å². The van der Waals surface area contributed by atoms with E-state index in [1.165, 1.54) is 12.8 Å². The summed E-state index contributed by atoms with van der Waals surface area (Å²) >= 11 is 0. The van der Waals surface area contributed by atoms with E-state index in [0.717, 1.165) is 42.0 Å². The quantitative estimate of drug-likeness (QED) is 0.841. The monoisotopic (exact) mass is 366 g/mol. The lowest BCUT2D eigenvalue weighted by molar-refractivity contribution is 0.00370. The van der Waals surface area contributed by atoms with Crippen molar-refractivity contribution in [3.8, 4) is 23.1 Å². The molecule has 0 amide bonds. The predicted octanol–water partition coefficient (Wildman–Crippen LogP) is 3.56. The van der Waals surface area contributed by atoms with Gasteiger partial charge in [0.15, 0.2) is 0 Å². The summed E-state index contributed by atoms with van der Waals surface area (Å²) in [6, 6.07) is 6.25. The summed E-state index contributed by atoms with van der Waals surface area (Å²) in [5.74, 6) is 6.41. The molecule has 0 spiro atoms. The minimum Gasteiger partial charge on any atom is -0.376 e. The van der Waals surface area contributed by atoms with Crippen molar-refractivity contribution in [2.75, 3.05) is 13.2 Å². The van der Waals surface area contributed by atoms with E-state index in [1.807, 2.05) is 10.9 Å². The Bertz CT molecular complexity index is 817. The van der Waals surface area contributed by atoms with Gasteiger partial charge in [-0.3, -0.25) is 0 Å². The SMILES string of the molecule is Cc1cc(C#CCNC(C)(C)C)ccc1-c1cn(CC2CCCCO2)nn1. The molecule has 144 valence electrons. The maximum atomic E-state index is 5.80. The van der Waals surface area contributed by atoms with E-state index in [-0.39, 0.29) is 11.6 Å². The van der Waals surface area contributed by atoms with Crippen LogP contribution >= 0.6 is 0 Å². The van der Waals surface area contributed by atoms with Crippen LogP contribution in [0.5, 0.6) is 0 Å². The molecule has 1 aromatic carbocycles. The zero-order chi connectivity index (χ0) is 19.3. The lowest BCUT2D eigenvalue weighted by atomic mass is 10.0. The Morgan fingerprint density at radius 2 is 2.15 bits per heavy atom. The molecule has 0 aliphatic carbocycles. The van der Waals surface area contributed by atoms with Crippen LogP contribution in [0, 0.1) is 18.8 Å². The average Bonchev–Trinajstić information content (AvgIpc) is 3.07. The summed E-state index contributed by atoms with van der Waals surface area (Å²) in [5.41, 5.74) is 4.27. The van der Waals surface area contributed by atoms with E-state index < -0.39 is 0 Å². The molecule has 2 aromatic rings. The predicted molar refractivity (Wildman–Crippen MR) is 108 cm³/mol. The highest BCUT2D eigenvalue weighted by Gasteiger charge is 2.16. The highest BCUT2D eigenvalue weighted by Crippen LogP contribution is 2.22. The maximum Gasteiger partial charge on any atom is 0.113 e. The van der Waals surface area contributed by atoms with Gasteiger partial charge in [0.05, 0.1) is 25.4 Å². The first-order valence-corrected chi connectivity index (χ1v) is 9.77. The van der Waals surface area contributed by atoms with E-state index in [1.54, 1.807) is 0 Å². The Hall–Kier alpha value is -2.16. The number of hydrogen-bond acceptors (Lipinski definition) is 4. The molecule has 1 unspecified atom stereocenters. The number of rotatable bonds is 4. The Morgan fingerprint density at radius 3 is 2.85 bits per heavy atom. The normalized spacial score (nSPS) is 17.4. The number of hydrogen-bond donors (Lipinski definition) is 1. The molecule has 3 rings (SSSR count). The second-order valence-corrected chi connectivity index (χ2v) is 8.25. The standard InChI is InChI=1S/C22H30N4O/c1-17-14-18(8-7-12-23-22(2,3)4)10-11-20(17)21-16-26(25-24-21)15-19-9-5-6-13-27-19/h10-11,14,16,19,23H,5-6,9,12-13,15H2,1-4H3. The van der Waals surface area contributed by atoms with E-state index in [0.29, 0.717) is 6.54 Å². The number of benzene rings is 1. The van der Waals surface area contributed by atoms with Crippen LogP contribution in [0.2, 0.25) is 0 Å². The van der Waals surface area contributed by atoms with Gasteiger partial charge in [0.2, 0.25) is 0 Å². The van der Waals surface area contributed by atoms with Gasteiger partial charge in [-0.1, -0.05) is 23.1 Å². The van der Waals surface area contributed by atoms with E-state index in [9.17, 15) is 0 Å². The summed E-state index contributed by atoms with van der Waals surface area (Å²) in [6.07, 6.45) is 5.78. The second-order valence-electron chi connectivity index (χ2n) is 8.25. The molecule has 0 saturated carbocycles. The molecule has 0 radical (unpaired) electrons. The van der Waals surface area contributed by atoms with E-state index >= 15 is 0 Å². The van der Waals surface area contributed by atoms with Crippen LogP contribution in [-0.4, -0.2) is 39.8 Å². The fraction of sp³-hybridized carbons (Fsp3) is 0.545. The number of nitrogens with one attached hydrogen (secondary N) is 1. The molecule has 27 heavy (non-hydrogen) atoms. The van der Waals surface area contributed by atoms with Crippen LogP contribution < -0.4 is 5.32 Å². The van der Waals surface area contributed by atoms with Gasteiger partial charge in [-0.15, -0.1) is 5.10 Å². The maximum absolute atomic E-state index is 5.80. The molecule has 1 aromatic heterocycles. The van der Waals surface area contributed by atoms with Crippen LogP contribution in [0.3, 0.4) is 0 Å². The zero-order valence-electron chi connectivity index (χ0n) is 16.9. The molecule has 0 bridgehead atoms. The van der Waals surface area contributed by atoms with Crippen molar-refractivity contribution >= 4 is 0 Å². The van der Waals surface area contributed by atoms with Crippen molar-refractivity contribution in [3.63, 3.8) is 0 Å². The van der Waals surface area contributed by atoms with Crippen LogP contribution in [0.4, 0.5) is 0 Å². The minimum absolute atomic E-state index is 0.0863. The van der Waals surface area contributed by atoms with Gasteiger partial charge in [0.25, 0.3) is 0 Å². The molecular formula is C22H30N4O. The van der Waals surface area contributed by atoms with Crippen molar-refractivity contribution in [3.05, 3.63) is 35.5 Å². The topological polar surface area (TPSA) is 52.0 Å². The highest BCUT2D eigenvalue weighted by molar-refractivity contribution is 5.64. The summed E-state index contributed by atoms with van der Waals surface area (Å²) in [5, 5.41) is 12.0. The summed E-state index contributed by atoms with van der Waals surface area (Å²) < 4.78 is 7.69. The first-order valence-electron chi connectivity index (χ1n) is 9.77. The van der Waals surface area contributed by atoms with Crippen molar-refractivity contribution in [2.24, 2.45) is 0 Å². The largest absolute Gasteiger partial charge is 0.376 e. The molecule has 1 aliphatic rings. The molecule has 1 atom stereocenters. The van der Waals surface area contributed by atoms with Crippen molar-refractivity contribution in [1.29, 1.82) is 0 Å². The first-order chi connectivity index (χ1) is 12.9. The smallest absolute Gasteiger partial charge is 0.113 e. The Balaban J connectivity index is 1.64. The van der Waals surface area contributed by atoms with Gasteiger partial charge in [0, 0.05) is 23.3 Å². The molecular weight excluding hydrogens is 336 g/mol. The van der Waals surface area contributed by atoms with E-state index in [4.69, 9.17) is 4.74 Å². The van der Waals surface area contributed by atoms with Gasteiger partial charge in [-0.25, -0.2) is 4.68 Å². The Morgan fingerprint density at radius 1 is 1.30 bits per heavy atom. The van der Waals surface area contributed by atoms with Gasteiger partial charge in [-0.05, 0) is 64.7 Å². The number of nitrogens with zero attached hydrogens (tertiary/aromatic N) is 3. The third-order valence-electron chi connectivity index (χ3n) is 4.65.